The van der Waals surface area contributed by atoms with E-state index in [0.717, 1.165) is 24.3 Å². The van der Waals surface area contributed by atoms with Crippen molar-refractivity contribution in [2.75, 3.05) is 25.1 Å². The molecule has 21 heavy (non-hydrogen) atoms. The molecule has 0 unspecified atom stereocenters. The zero-order chi connectivity index (χ0) is 14.5. The second-order valence-electron chi connectivity index (χ2n) is 4.99. The van der Waals surface area contributed by atoms with E-state index in [0.29, 0.717) is 24.9 Å². The minimum absolute atomic E-state index is 0.0996. The number of nitrogens with one attached hydrogen (secondary N) is 1. The number of nitrogens with zero attached hydrogens (tertiary/aromatic N) is 2. The summed E-state index contributed by atoms with van der Waals surface area (Å²) in [6.45, 7) is 4.25. The van der Waals surface area contributed by atoms with Crippen molar-refractivity contribution in [3.63, 3.8) is 0 Å². The Labute approximate surface area is 124 Å². The summed E-state index contributed by atoms with van der Waals surface area (Å²) >= 11 is 0. The molecule has 0 radical (unpaired) electrons. The highest BCUT2D eigenvalue weighted by atomic mass is 16.6. The molecule has 5 heteroatoms. The molecule has 0 spiro atoms. The van der Waals surface area contributed by atoms with E-state index in [1.165, 1.54) is 0 Å². The first-order valence-corrected chi connectivity index (χ1v) is 7.28. The summed E-state index contributed by atoms with van der Waals surface area (Å²) in [5.74, 6) is 2.06. The monoisotopic (exact) mass is 285 g/mol. The Morgan fingerprint density at radius 1 is 1.24 bits per heavy atom. The first-order chi connectivity index (χ1) is 10.3. The van der Waals surface area contributed by atoms with Gasteiger partial charge in [-0.05, 0) is 6.42 Å². The first-order valence-electron chi connectivity index (χ1n) is 7.28. The van der Waals surface area contributed by atoms with Gasteiger partial charge < -0.3 is 14.8 Å². The van der Waals surface area contributed by atoms with Gasteiger partial charge in [-0.1, -0.05) is 37.3 Å². The fourth-order valence-electron chi connectivity index (χ4n) is 2.00. The number of aromatic nitrogens is 2. The number of ether oxygens (including phenoxy) is 2. The van der Waals surface area contributed by atoms with Gasteiger partial charge in [-0.15, -0.1) is 0 Å². The maximum Gasteiger partial charge on any atom is 0.219 e. The molecule has 1 aromatic carbocycles. The van der Waals surface area contributed by atoms with Gasteiger partial charge in [0.15, 0.2) is 5.82 Å². The summed E-state index contributed by atoms with van der Waals surface area (Å²) < 4.78 is 11.0. The van der Waals surface area contributed by atoms with Gasteiger partial charge in [-0.2, -0.15) is 4.98 Å². The Bertz CT molecular complexity index is 585. The second-order valence-corrected chi connectivity index (χ2v) is 4.99. The minimum atomic E-state index is 0.0996. The molecule has 1 fully saturated rings. The van der Waals surface area contributed by atoms with Crippen LogP contribution in [0, 0.1) is 0 Å². The summed E-state index contributed by atoms with van der Waals surface area (Å²) in [6, 6.07) is 11.8. The molecule has 2 aromatic rings. The molecule has 1 saturated heterocycles. The van der Waals surface area contributed by atoms with Crippen molar-refractivity contribution in [3.05, 3.63) is 36.4 Å². The summed E-state index contributed by atoms with van der Waals surface area (Å²) in [6.07, 6.45) is 1.14. The van der Waals surface area contributed by atoms with Crippen molar-refractivity contribution >= 4 is 5.82 Å². The van der Waals surface area contributed by atoms with Crippen LogP contribution in [-0.4, -0.2) is 35.8 Å². The van der Waals surface area contributed by atoms with Gasteiger partial charge in [0.2, 0.25) is 5.88 Å². The normalized spacial score (nSPS) is 14.5. The zero-order valence-electron chi connectivity index (χ0n) is 12.1. The fraction of sp³-hybridized carbons (Fsp3) is 0.375. The summed E-state index contributed by atoms with van der Waals surface area (Å²) in [5, 5.41) is 3.29. The van der Waals surface area contributed by atoms with Crippen molar-refractivity contribution in [2.45, 2.75) is 19.4 Å². The molecule has 0 aliphatic carbocycles. The number of hydrogen-bond donors (Lipinski definition) is 1. The van der Waals surface area contributed by atoms with Gasteiger partial charge >= 0.3 is 0 Å². The highest BCUT2D eigenvalue weighted by Crippen LogP contribution is 2.23. The standard InChI is InChI=1S/C16H19N3O2/c1-2-8-17-14-9-15(21-13-10-20-11-13)19-16(18-14)12-6-4-3-5-7-12/h3-7,9,13H,2,8,10-11H2,1H3,(H,17,18,19). The van der Waals surface area contributed by atoms with Gasteiger partial charge in [0, 0.05) is 18.2 Å². The van der Waals surface area contributed by atoms with Crippen molar-refractivity contribution in [1.29, 1.82) is 0 Å². The zero-order valence-corrected chi connectivity index (χ0v) is 12.1. The van der Waals surface area contributed by atoms with Crippen LogP contribution in [0.3, 0.4) is 0 Å². The van der Waals surface area contributed by atoms with Crippen LogP contribution in [0.4, 0.5) is 5.82 Å². The average Bonchev–Trinajstić information content (AvgIpc) is 2.50. The third kappa shape index (κ3) is 3.49. The molecule has 110 valence electrons. The largest absolute Gasteiger partial charge is 0.469 e. The van der Waals surface area contributed by atoms with Crippen molar-refractivity contribution in [1.82, 2.24) is 9.97 Å². The van der Waals surface area contributed by atoms with E-state index in [-0.39, 0.29) is 6.10 Å². The molecule has 5 nitrogen and oxygen atoms in total. The third-order valence-electron chi connectivity index (χ3n) is 3.19. The number of hydrogen-bond acceptors (Lipinski definition) is 5. The van der Waals surface area contributed by atoms with Crippen LogP contribution >= 0.6 is 0 Å². The molecule has 0 amide bonds. The number of anilines is 1. The molecular formula is C16H19N3O2. The van der Waals surface area contributed by atoms with E-state index in [1.54, 1.807) is 0 Å². The summed E-state index contributed by atoms with van der Waals surface area (Å²) in [4.78, 5) is 9.06. The van der Waals surface area contributed by atoms with Crippen LogP contribution in [0.25, 0.3) is 11.4 Å². The molecule has 1 N–H and O–H groups in total. The molecule has 0 bridgehead atoms. The topological polar surface area (TPSA) is 56.3 Å². The first kappa shape index (κ1) is 13.8. The Morgan fingerprint density at radius 2 is 2.05 bits per heavy atom. The maximum absolute atomic E-state index is 5.82. The van der Waals surface area contributed by atoms with Gasteiger partial charge in [0.25, 0.3) is 0 Å². The number of rotatable bonds is 6. The molecular weight excluding hydrogens is 266 g/mol. The van der Waals surface area contributed by atoms with Crippen LogP contribution < -0.4 is 10.1 Å². The predicted molar refractivity (Wildman–Crippen MR) is 81.5 cm³/mol. The van der Waals surface area contributed by atoms with Gasteiger partial charge in [-0.3, -0.25) is 0 Å². The minimum Gasteiger partial charge on any atom is -0.469 e. The van der Waals surface area contributed by atoms with E-state index in [4.69, 9.17) is 9.47 Å². The lowest BCUT2D eigenvalue weighted by molar-refractivity contribution is -0.0813. The SMILES string of the molecule is CCCNc1cc(OC2COC2)nc(-c2ccccc2)n1. The van der Waals surface area contributed by atoms with Crippen LogP contribution in [0.2, 0.25) is 0 Å². The average molecular weight is 285 g/mol. The Morgan fingerprint density at radius 3 is 2.71 bits per heavy atom. The van der Waals surface area contributed by atoms with Crippen molar-refractivity contribution in [2.24, 2.45) is 0 Å². The van der Waals surface area contributed by atoms with E-state index < -0.39 is 0 Å². The summed E-state index contributed by atoms with van der Waals surface area (Å²) in [5.41, 5.74) is 0.979. The van der Waals surface area contributed by atoms with Crippen molar-refractivity contribution < 1.29 is 9.47 Å². The lowest BCUT2D eigenvalue weighted by Crippen LogP contribution is -2.38. The van der Waals surface area contributed by atoms with E-state index in [1.807, 2.05) is 36.4 Å². The second kappa shape index (κ2) is 6.54. The molecule has 3 rings (SSSR count). The quantitative estimate of drug-likeness (QED) is 0.884. The van der Waals surface area contributed by atoms with E-state index in [9.17, 15) is 0 Å². The third-order valence-corrected chi connectivity index (χ3v) is 3.19. The van der Waals surface area contributed by atoms with E-state index >= 15 is 0 Å². The fourth-order valence-corrected chi connectivity index (χ4v) is 2.00. The Balaban J connectivity index is 1.88. The molecule has 0 atom stereocenters. The number of benzene rings is 1. The molecule has 1 aliphatic heterocycles. The van der Waals surface area contributed by atoms with Crippen molar-refractivity contribution in [3.8, 4) is 17.3 Å². The molecule has 1 aromatic heterocycles. The van der Waals surface area contributed by atoms with E-state index in [2.05, 4.69) is 22.2 Å². The lowest BCUT2D eigenvalue weighted by atomic mass is 10.2. The highest BCUT2D eigenvalue weighted by Gasteiger charge is 2.21. The van der Waals surface area contributed by atoms with Crippen LogP contribution in [0.5, 0.6) is 5.88 Å². The summed E-state index contributed by atoms with van der Waals surface area (Å²) in [7, 11) is 0. The van der Waals surface area contributed by atoms with Crippen LogP contribution in [0.1, 0.15) is 13.3 Å². The smallest absolute Gasteiger partial charge is 0.219 e. The molecule has 2 heterocycles. The Hall–Kier alpha value is -2.14. The highest BCUT2D eigenvalue weighted by molar-refractivity contribution is 5.58. The van der Waals surface area contributed by atoms with Gasteiger partial charge in [-0.25, -0.2) is 4.98 Å². The maximum atomic E-state index is 5.82. The van der Waals surface area contributed by atoms with Crippen LogP contribution in [0.15, 0.2) is 36.4 Å². The van der Waals surface area contributed by atoms with Crippen LogP contribution in [-0.2, 0) is 4.74 Å². The predicted octanol–water partition coefficient (Wildman–Crippen LogP) is 2.74. The van der Waals surface area contributed by atoms with Gasteiger partial charge in [0.05, 0.1) is 13.2 Å². The van der Waals surface area contributed by atoms with Gasteiger partial charge in [0.1, 0.15) is 11.9 Å². The molecule has 1 aliphatic rings. The lowest BCUT2D eigenvalue weighted by Gasteiger charge is -2.26. The Kier molecular flexibility index (Phi) is 4.31. The molecule has 0 saturated carbocycles.